The monoisotopic (exact) mass is 237 g/mol. The number of ether oxygens (including phenoxy) is 1. The van der Waals surface area contributed by atoms with Crippen LogP contribution in [0.1, 0.15) is 25.3 Å². The molecule has 88 valence electrons. The largest absolute Gasteiger partial charge is 0.496 e. The molecule has 1 aromatic rings. The van der Waals surface area contributed by atoms with Gasteiger partial charge in [0.2, 0.25) is 0 Å². The topological polar surface area (TPSA) is 21.3 Å². The fourth-order valence-corrected chi connectivity index (χ4v) is 2.60. The molecule has 1 aromatic heterocycles. The maximum atomic E-state index is 5.66. The Morgan fingerprint density at radius 2 is 2.50 bits per heavy atom. The van der Waals surface area contributed by atoms with Crippen LogP contribution in [0.3, 0.4) is 0 Å². The van der Waals surface area contributed by atoms with Crippen LogP contribution in [0.15, 0.2) is 28.7 Å². The molecule has 2 rings (SSSR count). The minimum absolute atomic E-state index is 0.358. The number of rotatable bonds is 6. The molecule has 2 nitrogen and oxygen atoms in total. The fourth-order valence-electron chi connectivity index (χ4n) is 1.92. The highest BCUT2D eigenvalue weighted by atomic mass is 32.1. The van der Waals surface area contributed by atoms with Gasteiger partial charge in [-0.05, 0) is 47.9 Å². The van der Waals surface area contributed by atoms with Crippen molar-refractivity contribution in [3.05, 3.63) is 34.2 Å². The third-order valence-corrected chi connectivity index (χ3v) is 3.47. The van der Waals surface area contributed by atoms with Gasteiger partial charge in [-0.3, -0.25) is 0 Å². The van der Waals surface area contributed by atoms with Gasteiger partial charge < -0.3 is 10.1 Å². The van der Waals surface area contributed by atoms with Crippen LogP contribution in [-0.4, -0.2) is 19.2 Å². The van der Waals surface area contributed by atoms with E-state index in [1.165, 1.54) is 5.56 Å². The van der Waals surface area contributed by atoms with Crippen LogP contribution in [0, 0.1) is 0 Å². The van der Waals surface area contributed by atoms with Crippen molar-refractivity contribution in [2.75, 3.05) is 13.2 Å². The summed E-state index contributed by atoms with van der Waals surface area (Å²) in [6.45, 7) is 4.09. The highest BCUT2D eigenvalue weighted by Crippen LogP contribution is 2.18. The zero-order valence-corrected chi connectivity index (χ0v) is 10.6. The molecule has 0 saturated heterocycles. The summed E-state index contributed by atoms with van der Waals surface area (Å²) in [6.07, 6.45) is 5.48. The maximum absolute atomic E-state index is 5.66. The fraction of sp³-hybridized carbons (Fsp3) is 0.538. The molecule has 0 bridgehead atoms. The Bertz CT molecular complexity index is 332. The molecular formula is C13H19NOS. The lowest BCUT2D eigenvalue weighted by molar-refractivity contribution is 0.214. The van der Waals surface area contributed by atoms with Crippen molar-refractivity contribution in [1.29, 1.82) is 0 Å². The molecule has 3 heteroatoms. The van der Waals surface area contributed by atoms with E-state index in [4.69, 9.17) is 4.74 Å². The molecular weight excluding hydrogens is 218 g/mol. The minimum atomic E-state index is 0.358. The van der Waals surface area contributed by atoms with E-state index in [1.54, 1.807) is 11.3 Å². The molecule has 2 heterocycles. The highest BCUT2D eigenvalue weighted by Gasteiger charge is 2.18. The smallest absolute Gasteiger partial charge is 0.109 e. The Kier molecular flexibility index (Phi) is 4.43. The standard InChI is InChI=1S/C13H19NOS/c1-2-6-14-12(13-4-3-7-15-13)9-11-5-8-16-10-11/h4-5,8,10,12,14H,2-3,6-7,9H2,1H3. The predicted octanol–water partition coefficient (Wildman–Crippen LogP) is 2.96. The third-order valence-electron chi connectivity index (χ3n) is 2.74. The number of thiophene rings is 1. The van der Waals surface area contributed by atoms with Gasteiger partial charge in [-0.25, -0.2) is 0 Å². The van der Waals surface area contributed by atoms with E-state index in [1.807, 2.05) is 0 Å². The maximum Gasteiger partial charge on any atom is 0.109 e. The van der Waals surface area contributed by atoms with Crippen molar-refractivity contribution in [3.8, 4) is 0 Å². The van der Waals surface area contributed by atoms with Gasteiger partial charge in [0, 0.05) is 6.42 Å². The van der Waals surface area contributed by atoms with Crippen molar-refractivity contribution in [2.45, 2.75) is 32.2 Å². The molecule has 1 aliphatic rings. The predicted molar refractivity (Wildman–Crippen MR) is 68.8 cm³/mol. The molecule has 0 amide bonds. The van der Waals surface area contributed by atoms with E-state index in [9.17, 15) is 0 Å². The summed E-state index contributed by atoms with van der Waals surface area (Å²) >= 11 is 1.76. The molecule has 0 spiro atoms. The molecule has 1 N–H and O–H groups in total. The Balaban J connectivity index is 1.96. The average Bonchev–Trinajstić information content (AvgIpc) is 2.96. The minimum Gasteiger partial charge on any atom is -0.496 e. The van der Waals surface area contributed by atoms with Gasteiger partial charge in [0.05, 0.1) is 12.6 Å². The summed E-state index contributed by atoms with van der Waals surface area (Å²) in [6, 6.07) is 2.55. The highest BCUT2D eigenvalue weighted by molar-refractivity contribution is 7.07. The zero-order valence-electron chi connectivity index (χ0n) is 9.74. The molecule has 1 atom stereocenters. The number of nitrogens with one attached hydrogen (secondary N) is 1. The summed E-state index contributed by atoms with van der Waals surface area (Å²) in [4.78, 5) is 0. The van der Waals surface area contributed by atoms with E-state index in [0.717, 1.165) is 38.2 Å². The Labute approximate surface area is 101 Å². The van der Waals surface area contributed by atoms with Crippen molar-refractivity contribution in [1.82, 2.24) is 5.32 Å². The summed E-state index contributed by atoms with van der Waals surface area (Å²) in [5.74, 6) is 1.14. The zero-order chi connectivity index (χ0) is 11.2. The first-order valence-corrected chi connectivity index (χ1v) is 6.91. The van der Waals surface area contributed by atoms with Crippen LogP contribution >= 0.6 is 11.3 Å². The van der Waals surface area contributed by atoms with Crippen molar-refractivity contribution in [3.63, 3.8) is 0 Å². The van der Waals surface area contributed by atoms with Crippen LogP contribution in [0.2, 0.25) is 0 Å². The van der Waals surface area contributed by atoms with Crippen LogP contribution in [0.4, 0.5) is 0 Å². The van der Waals surface area contributed by atoms with Crippen molar-refractivity contribution in [2.24, 2.45) is 0 Å². The quantitative estimate of drug-likeness (QED) is 0.821. The molecule has 16 heavy (non-hydrogen) atoms. The lowest BCUT2D eigenvalue weighted by Gasteiger charge is -2.19. The Morgan fingerprint density at radius 1 is 1.56 bits per heavy atom. The lowest BCUT2D eigenvalue weighted by Crippen LogP contribution is -2.33. The molecule has 0 aromatic carbocycles. The van der Waals surface area contributed by atoms with E-state index in [2.05, 4.69) is 35.1 Å². The second-order valence-corrected chi connectivity index (χ2v) is 4.87. The first-order chi connectivity index (χ1) is 7.90. The van der Waals surface area contributed by atoms with Gasteiger partial charge in [-0.15, -0.1) is 0 Å². The van der Waals surface area contributed by atoms with Crippen LogP contribution in [-0.2, 0) is 11.2 Å². The number of hydrogen-bond donors (Lipinski definition) is 1. The van der Waals surface area contributed by atoms with Gasteiger partial charge >= 0.3 is 0 Å². The molecule has 1 aliphatic heterocycles. The summed E-state index contributed by atoms with van der Waals surface area (Å²) < 4.78 is 5.66. The molecule has 0 radical (unpaired) electrons. The molecule has 1 unspecified atom stereocenters. The van der Waals surface area contributed by atoms with Crippen LogP contribution in [0.5, 0.6) is 0 Å². The number of hydrogen-bond acceptors (Lipinski definition) is 3. The van der Waals surface area contributed by atoms with Crippen LogP contribution < -0.4 is 5.32 Å². The molecule has 0 fully saturated rings. The average molecular weight is 237 g/mol. The van der Waals surface area contributed by atoms with E-state index in [-0.39, 0.29) is 0 Å². The second kappa shape index (κ2) is 6.06. The van der Waals surface area contributed by atoms with E-state index in [0.29, 0.717) is 6.04 Å². The SMILES string of the molecule is CCCNC(Cc1ccsc1)C1=CCCO1. The van der Waals surface area contributed by atoms with Gasteiger partial charge in [0.1, 0.15) is 5.76 Å². The summed E-state index contributed by atoms with van der Waals surface area (Å²) in [5.41, 5.74) is 1.40. The Hall–Kier alpha value is -0.800. The van der Waals surface area contributed by atoms with Gasteiger partial charge in [0.15, 0.2) is 0 Å². The summed E-state index contributed by atoms with van der Waals surface area (Å²) in [7, 11) is 0. The first kappa shape index (κ1) is 11.7. The molecule has 0 aliphatic carbocycles. The summed E-state index contributed by atoms with van der Waals surface area (Å²) in [5, 5.41) is 7.91. The third kappa shape index (κ3) is 3.09. The van der Waals surface area contributed by atoms with Gasteiger partial charge in [-0.1, -0.05) is 6.92 Å². The van der Waals surface area contributed by atoms with Crippen LogP contribution in [0.25, 0.3) is 0 Å². The van der Waals surface area contributed by atoms with Crippen molar-refractivity contribution < 1.29 is 4.74 Å². The lowest BCUT2D eigenvalue weighted by atomic mass is 10.1. The van der Waals surface area contributed by atoms with Gasteiger partial charge in [0.25, 0.3) is 0 Å². The van der Waals surface area contributed by atoms with E-state index < -0.39 is 0 Å². The van der Waals surface area contributed by atoms with E-state index >= 15 is 0 Å². The van der Waals surface area contributed by atoms with Gasteiger partial charge in [-0.2, -0.15) is 11.3 Å². The second-order valence-electron chi connectivity index (χ2n) is 4.09. The molecule has 0 saturated carbocycles. The Morgan fingerprint density at radius 3 is 3.12 bits per heavy atom. The first-order valence-electron chi connectivity index (χ1n) is 5.97. The normalized spacial score (nSPS) is 16.9. The van der Waals surface area contributed by atoms with Crippen molar-refractivity contribution >= 4 is 11.3 Å².